The summed E-state index contributed by atoms with van der Waals surface area (Å²) < 4.78 is 45.9. The Hall–Kier alpha value is -0.103. The summed E-state index contributed by atoms with van der Waals surface area (Å²) in [7, 11) is -2.27. The first-order valence-corrected chi connectivity index (χ1v) is 13.9. The normalized spacial score (nSPS) is 26.7. The van der Waals surface area contributed by atoms with Gasteiger partial charge in [0.1, 0.15) is 0 Å². The zero-order valence-corrected chi connectivity index (χ0v) is 19.8. The molecule has 0 amide bonds. The van der Waals surface area contributed by atoms with E-state index in [0.717, 1.165) is 0 Å². The molecule has 2 aliphatic rings. The van der Waals surface area contributed by atoms with Crippen molar-refractivity contribution in [1.29, 1.82) is 0 Å². The third-order valence-electron chi connectivity index (χ3n) is 5.44. The maximum Gasteiger partial charge on any atom is 0.338 e. The summed E-state index contributed by atoms with van der Waals surface area (Å²) in [5.74, 6) is 0. The molecule has 0 unspecified atom stereocenters. The van der Waals surface area contributed by atoms with Crippen LogP contribution in [-0.4, -0.2) is 101 Å². The Morgan fingerprint density at radius 1 is 0.433 bits per heavy atom. The summed E-state index contributed by atoms with van der Waals surface area (Å²) in [5.41, 5.74) is 0.549. The van der Waals surface area contributed by atoms with Crippen molar-refractivity contribution in [2.75, 3.05) is 92.5 Å². The molecule has 2 rings (SSSR count). The Labute approximate surface area is 183 Å². The third-order valence-corrected chi connectivity index (χ3v) is 9.05. The SMILES string of the molecule is C[Si]1(C2CCCCC2)OCCOCCOCCOCCOCCOCCOCCO1. The summed E-state index contributed by atoms with van der Waals surface area (Å²) in [6.07, 6.45) is 6.28. The lowest BCUT2D eigenvalue weighted by atomic mass is 10.0. The van der Waals surface area contributed by atoms with Gasteiger partial charge in [-0.1, -0.05) is 19.3 Å². The van der Waals surface area contributed by atoms with Gasteiger partial charge < -0.3 is 37.3 Å². The van der Waals surface area contributed by atoms with Crippen LogP contribution in [0.1, 0.15) is 32.1 Å². The highest BCUT2D eigenvalue weighted by molar-refractivity contribution is 6.67. The minimum atomic E-state index is -2.27. The summed E-state index contributed by atoms with van der Waals surface area (Å²) in [5, 5.41) is 0. The van der Waals surface area contributed by atoms with Crippen LogP contribution in [0.2, 0.25) is 12.1 Å². The Bertz CT molecular complexity index is 371. The standard InChI is InChI=1S/C21H42O8Si/c1-30(21-5-3-2-4-6-21)28-19-17-26-15-13-24-11-9-22-7-8-23-10-12-25-14-16-27-18-20-29-30/h21H,2-20H2,1H3. The molecule has 1 saturated heterocycles. The van der Waals surface area contributed by atoms with Crippen LogP contribution >= 0.6 is 0 Å². The molecule has 0 aromatic heterocycles. The van der Waals surface area contributed by atoms with E-state index >= 15 is 0 Å². The van der Waals surface area contributed by atoms with Gasteiger partial charge in [0.2, 0.25) is 0 Å². The molecule has 178 valence electrons. The molecule has 0 atom stereocenters. The van der Waals surface area contributed by atoms with Crippen LogP contribution in [0.25, 0.3) is 0 Å². The Kier molecular flexibility index (Phi) is 15.2. The first kappa shape index (κ1) is 26.2. The molecule has 0 N–H and O–H groups in total. The van der Waals surface area contributed by atoms with E-state index in [1.807, 2.05) is 0 Å². The molecule has 9 heteroatoms. The maximum atomic E-state index is 6.33. The van der Waals surface area contributed by atoms with Crippen molar-refractivity contribution in [2.45, 2.75) is 44.2 Å². The molecule has 0 radical (unpaired) electrons. The van der Waals surface area contributed by atoms with Crippen molar-refractivity contribution in [1.82, 2.24) is 0 Å². The Balaban J connectivity index is 1.72. The van der Waals surface area contributed by atoms with E-state index in [0.29, 0.717) is 98.0 Å². The first-order chi connectivity index (χ1) is 14.8. The average Bonchev–Trinajstić information content (AvgIpc) is 2.77. The van der Waals surface area contributed by atoms with Gasteiger partial charge in [0.15, 0.2) is 0 Å². The highest BCUT2D eigenvalue weighted by Crippen LogP contribution is 2.38. The number of hydrogen-bond acceptors (Lipinski definition) is 8. The summed E-state index contributed by atoms with van der Waals surface area (Å²) >= 11 is 0. The summed E-state index contributed by atoms with van der Waals surface area (Å²) in [6.45, 7) is 10.0. The molecular formula is C21H42O8Si. The molecule has 1 aliphatic carbocycles. The largest absolute Gasteiger partial charge is 0.392 e. The van der Waals surface area contributed by atoms with E-state index < -0.39 is 8.56 Å². The highest BCUT2D eigenvalue weighted by atomic mass is 28.4. The lowest BCUT2D eigenvalue weighted by Gasteiger charge is -2.36. The van der Waals surface area contributed by atoms with Crippen molar-refractivity contribution in [3.05, 3.63) is 0 Å². The van der Waals surface area contributed by atoms with Crippen LogP contribution in [0.4, 0.5) is 0 Å². The number of hydrogen-bond donors (Lipinski definition) is 0. The number of rotatable bonds is 1. The molecule has 8 nitrogen and oxygen atoms in total. The van der Waals surface area contributed by atoms with Gasteiger partial charge in [-0.3, -0.25) is 0 Å². The molecule has 0 spiro atoms. The predicted octanol–water partition coefficient (Wildman–Crippen LogP) is 2.54. The van der Waals surface area contributed by atoms with E-state index in [9.17, 15) is 0 Å². The van der Waals surface area contributed by atoms with E-state index in [1.165, 1.54) is 32.1 Å². The second-order valence-corrected chi connectivity index (χ2v) is 11.1. The smallest absolute Gasteiger partial charge is 0.338 e. The van der Waals surface area contributed by atoms with Gasteiger partial charge in [-0.15, -0.1) is 0 Å². The molecule has 0 aromatic rings. The summed E-state index contributed by atoms with van der Waals surface area (Å²) in [6, 6.07) is 0. The molecule has 1 saturated carbocycles. The zero-order chi connectivity index (χ0) is 21.2. The van der Waals surface area contributed by atoms with Crippen LogP contribution in [0.15, 0.2) is 0 Å². The quantitative estimate of drug-likeness (QED) is 0.565. The topological polar surface area (TPSA) is 73.8 Å². The minimum absolute atomic E-state index is 0.549. The fourth-order valence-corrected chi connectivity index (χ4v) is 6.70. The van der Waals surface area contributed by atoms with Crippen LogP contribution in [0.5, 0.6) is 0 Å². The second-order valence-electron chi connectivity index (χ2n) is 7.72. The molecule has 0 aromatic carbocycles. The third kappa shape index (κ3) is 12.1. The maximum absolute atomic E-state index is 6.33. The van der Waals surface area contributed by atoms with Gasteiger partial charge in [-0.25, -0.2) is 0 Å². The second kappa shape index (κ2) is 17.5. The molecule has 2 fully saturated rings. The van der Waals surface area contributed by atoms with E-state index in [1.54, 1.807) is 0 Å². The Morgan fingerprint density at radius 2 is 0.733 bits per heavy atom. The molecular weight excluding hydrogens is 408 g/mol. The van der Waals surface area contributed by atoms with Crippen molar-refractivity contribution in [2.24, 2.45) is 0 Å². The van der Waals surface area contributed by atoms with Crippen molar-refractivity contribution in [3.8, 4) is 0 Å². The van der Waals surface area contributed by atoms with E-state index in [4.69, 9.17) is 37.3 Å². The minimum Gasteiger partial charge on any atom is -0.392 e. The fourth-order valence-electron chi connectivity index (χ4n) is 3.71. The first-order valence-electron chi connectivity index (χ1n) is 11.6. The average molecular weight is 451 g/mol. The van der Waals surface area contributed by atoms with Gasteiger partial charge in [-0.05, 0) is 19.4 Å². The van der Waals surface area contributed by atoms with Gasteiger partial charge in [0, 0.05) is 5.54 Å². The van der Waals surface area contributed by atoms with Crippen molar-refractivity contribution in [3.63, 3.8) is 0 Å². The Morgan fingerprint density at radius 3 is 1.07 bits per heavy atom. The fraction of sp³-hybridized carbons (Fsp3) is 1.00. The molecule has 0 bridgehead atoms. The molecule has 1 heterocycles. The van der Waals surface area contributed by atoms with E-state index in [-0.39, 0.29) is 0 Å². The molecule has 30 heavy (non-hydrogen) atoms. The predicted molar refractivity (Wildman–Crippen MR) is 115 cm³/mol. The van der Waals surface area contributed by atoms with Gasteiger partial charge >= 0.3 is 8.56 Å². The van der Waals surface area contributed by atoms with Crippen LogP contribution in [-0.2, 0) is 37.3 Å². The van der Waals surface area contributed by atoms with E-state index in [2.05, 4.69) is 6.55 Å². The van der Waals surface area contributed by atoms with Gasteiger partial charge in [-0.2, -0.15) is 0 Å². The van der Waals surface area contributed by atoms with Gasteiger partial charge in [0.05, 0.1) is 92.5 Å². The van der Waals surface area contributed by atoms with Gasteiger partial charge in [0.25, 0.3) is 0 Å². The van der Waals surface area contributed by atoms with Crippen LogP contribution in [0.3, 0.4) is 0 Å². The lowest BCUT2D eigenvalue weighted by Crippen LogP contribution is -2.46. The van der Waals surface area contributed by atoms with Crippen molar-refractivity contribution >= 4 is 8.56 Å². The zero-order valence-electron chi connectivity index (χ0n) is 18.8. The number of ether oxygens (including phenoxy) is 6. The summed E-state index contributed by atoms with van der Waals surface area (Å²) in [4.78, 5) is 0. The van der Waals surface area contributed by atoms with Crippen LogP contribution in [0, 0.1) is 0 Å². The van der Waals surface area contributed by atoms with Crippen molar-refractivity contribution < 1.29 is 37.3 Å². The van der Waals surface area contributed by atoms with Crippen LogP contribution < -0.4 is 0 Å². The lowest BCUT2D eigenvalue weighted by molar-refractivity contribution is -0.0176. The monoisotopic (exact) mass is 450 g/mol. The molecule has 1 aliphatic heterocycles. The highest BCUT2D eigenvalue weighted by Gasteiger charge is 2.41.